The van der Waals surface area contributed by atoms with E-state index in [-0.39, 0.29) is 35.4 Å². The van der Waals surface area contributed by atoms with Crippen LogP contribution in [0.1, 0.15) is 12.8 Å². The molecule has 104 valence electrons. The smallest absolute Gasteiger partial charge is 0.224 e. The maximum atomic E-state index is 12.9. The minimum absolute atomic E-state index is 0.0405. The van der Waals surface area contributed by atoms with E-state index in [2.05, 4.69) is 5.32 Å². The molecule has 0 bridgehead atoms. The van der Waals surface area contributed by atoms with Crippen molar-refractivity contribution in [1.82, 2.24) is 0 Å². The van der Waals surface area contributed by atoms with Gasteiger partial charge in [-0.2, -0.15) is 0 Å². The third kappa shape index (κ3) is 3.66. The molecule has 1 unspecified atom stereocenters. The topological polar surface area (TPSA) is 89.3 Å². The predicted molar refractivity (Wildman–Crippen MR) is 70.8 cm³/mol. The van der Waals surface area contributed by atoms with Crippen LogP contribution in [0.5, 0.6) is 0 Å². The van der Waals surface area contributed by atoms with Crippen LogP contribution in [0.4, 0.5) is 15.8 Å². The fourth-order valence-corrected chi connectivity index (χ4v) is 3.99. The van der Waals surface area contributed by atoms with Crippen LogP contribution in [-0.2, 0) is 14.6 Å². The molecule has 0 saturated carbocycles. The first-order chi connectivity index (χ1) is 8.85. The fourth-order valence-electron chi connectivity index (χ4n) is 2.13. The Morgan fingerprint density at radius 2 is 2.21 bits per heavy atom. The van der Waals surface area contributed by atoms with Crippen molar-refractivity contribution in [3.8, 4) is 0 Å². The number of nitrogen functional groups attached to an aromatic ring is 1. The molecule has 1 aliphatic rings. The number of sulfone groups is 1. The lowest BCUT2D eigenvalue weighted by Gasteiger charge is -2.09. The number of anilines is 2. The van der Waals surface area contributed by atoms with E-state index in [1.807, 2.05) is 0 Å². The monoisotopic (exact) mass is 286 g/mol. The molecule has 0 aliphatic carbocycles. The van der Waals surface area contributed by atoms with Gasteiger partial charge in [0.1, 0.15) is 5.82 Å². The van der Waals surface area contributed by atoms with Gasteiger partial charge in [0.2, 0.25) is 5.91 Å². The van der Waals surface area contributed by atoms with Gasteiger partial charge in [-0.15, -0.1) is 0 Å². The van der Waals surface area contributed by atoms with E-state index in [1.165, 1.54) is 18.2 Å². The van der Waals surface area contributed by atoms with E-state index in [0.29, 0.717) is 12.1 Å². The zero-order chi connectivity index (χ0) is 14.0. The van der Waals surface area contributed by atoms with Gasteiger partial charge in [-0.25, -0.2) is 12.8 Å². The second-order valence-electron chi connectivity index (χ2n) is 4.76. The lowest BCUT2D eigenvalue weighted by Crippen LogP contribution is -2.17. The van der Waals surface area contributed by atoms with Gasteiger partial charge < -0.3 is 11.1 Å². The van der Waals surface area contributed by atoms with Crippen LogP contribution >= 0.6 is 0 Å². The Morgan fingerprint density at radius 1 is 1.47 bits per heavy atom. The first kappa shape index (κ1) is 13.8. The van der Waals surface area contributed by atoms with Crippen LogP contribution < -0.4 is 11.1 Å². The molecule has 3 N–H and O–H groups in total. The summed E-state index contributed by atoms with van der Waals surface area (Å²) in [4.78, 5) is 11.7. The zero-order valence-electron chi connectivity index (χ0n) is 10.2. The second-order valence-corrected chi connectivity index (χ2v) is 6.99. The minimum atomic E-state index is -2.98. The molecule has 0 aromatic heterocycles. The highest BCUT2D eigenvalue weighted by molar-refractivity contribution is 7.91. The van der Waals surface area contributed by atoms with Gasteiger partial charge in [0.15, 0.2) is 9.84 Å². The number of nitrogens with one attached hydrogen (secondary N) is 1. The van der Waals surface area contributed by atoms with Crippen molar-refractivity contribution >= 4 is 27.1 Å². The summed E-state index contributed by atoms with van der Waals surface area (Å²) in [5.74, 6) is -0.753. The number of rotatable bonds is 3. The number of nitrogens with two attached hydrogens (primary N) is 1. The number of hydrogen-bond donors (Lipinski definition) is 2. The van der Waals surface area contributed by atoms with Crippen molar-refractivity contribution in [1.29, 1.82) is 0 Å². The molecule has 1 saturated heterocycles. The van der Waals surface area contributed by atoms with Crippen LogP contribution in [0, 0.1) is 11.7 Å². The summed E-state index contributed by atoms with van der Waals surface area (Å²) in [6, 6.07) is 3.92. The summed E-state index contributed by atoms with van der Waals surface area (Å²) in [7, 11) is -2.98. The summed E-state index contributed by atoms with van der Waals surface area (Å²) < 4.78 is 35.5. The Bertz CT molecular complexity index is 601. The van der Waals surface area contributed by atoms with Gasteiger partial charge in [-0.1, -0.05) is 0 Å². The summed E-state index contributed by atoms with van der Waals surface area (Å²) in [5, 5.41) is 2.58. The predicted octanol–water partition coefficient (Wildman–Crippen LogP) is 1.17. The minimum Gasteiger partial charge on any atom is -0.396 e. The summed E-state index contributed by atoms with van der Waals surface area (Å²) >= 11 is 0. The van der Waals surface area contributed by atoms with Crippen LogP contribution in [0.3, 0.4) is 0 Å². The number of halogens is 1. The Balaban J connectivity index is 1.93. The van der Waals surface area contributed by atoms with Gasteiger partial charge >= 0.3 is 0 Å². The maximum Gasteiger partial charge on any atom is 0.224 e. The van der Waals surface area contributed by atoms with Crippen molar-refractivity contribution in [2.24, 2.45) is 5.92 Å². The highest BCUT2D eigenvalue weighted by Crippen LogP contribution is 2.22. The average molecular weight is 286 g/mol. The normalized spacial score (nSPS) is 21.2. The molecule has 7 heteroatoms. The molecule has 1 heterocycles. The Hall–Kier alpha value is -1.63. The highest BCUT2D eigenvalue weighted by Gasteiger charge is 2.29. The lowest BCUT2D eigenvalue weighted by atomic mass is 10.1. The average Bonchev–Trinajstić information content (AvgIpc) is 2.63. The van der Waals surface area contributed by atoms with Gasteiger partial charge in [-0.05, 0) is 30.5 Å². The molecule has 5 nitrogen and oxygen atoms in total. The van der Waals surface area contributed by atoms with Crippen molar-refractivity contribution in [2.45, 2.75) is 12.8 Å². The first-order valence-corrected chi connectivity index (χ1v) is 7.73. The Morgan fingerprint density at radius 3 is 2.79 bits per heavy atom. The Labute approximate surface area is 110 Å². The van der Waals surface area contributed by atoms with E-state index in [9.17, 15) is 17.6 Å². The highest BCUT2D eigenvalue weighted by atomic mass is 32.2. The molecular formula is C12H15FN2O3S. The van der Waals surface area contributed by atoms with Gasteiger partial charge in [0.25, 0.3) is 0 Å². The Kier molecular flexibility index (Phi) is 3.75. The largest absolute Gasteiger partial charge is 0.396 e. The summed E-state index contributed by atoms with van der Waals surface area (Å²) in [5.41, 5.74) is 5.76. The third-order valence-electron chi connectivity index (χ3n) is 3.08. The molecule has 0 radical (unpaired) electrons. The first-order valence-electron chi connectivity index (χ1n) is 5.91. The van der Waals surface area contributed by atoms with E-state index in [1.54, 1.807) is 0 Å². The molecule has 1 atom stereocenters. The molecule has 1 aromatic carbocycles. The van der Waals surface area contributed by atoms with Crippen molar-refractivity contribution < 1.29 is 17.6 Å². The molecule has 1 amide bonds. The number of amides is 1. The zero-order valence-corrected chi connectivity index (χ0v) is 11.0. The fraction of sp³-hybridized carbons (Fsp3) is 0.417. The molecule has 2 rings (SSSR count). The molecule has 0 spiro atoms. The van der Waals surface area contributed by atoms with E-state index in [4.69, 9.17) is 5.73 Å². The van der Waals surface area contributed by atoms with E-state index >= 15 is 0 Å². The molecule has 1 fully saturated rings. The van der Waals surface area contributed by atoms with Gasteiger partial charge in [-0.3, -0.25) is 4.79 Å². The van der Waals surface area contributed by atoms with E-state index in [0.717, 1.165) is 0 Å². The van der Waals surface area contributed by atoms with Crippen molar-refractivity contribution in [3.63, 3.8) is 0 Å². The molecular weight excluding hydrogens is 271 g/mol. The van der Waals surface area contributed by atoms with Crippen LogP contribution in [0.25, 0.3) is 0 Å². The third-order valence-corrected chi connectivity index (χ3v) is 4.92. The van der Waals surface area contributed by atoms with E-state index < -0.39 is 15.7 Å². The van der Waals surface area contributed by atoms with Crippen molar-refractivity contribution in [2.75, 3.05) is 22.6 Å². The standard InChI is InChI=1S/C12H15FN2O3S/c13-10-2-1-9(6-11(10)14)15-12(16)5-8-3-4-19(17,18)7-8/h1-2,6,8H,3-5,7,14H2,(H,15,16). The SMILES string of the molecule is Nc1cc(NC(=O)CC2CCS(=O)(=O)C2)ccc1F. The van der Waals surface area contributed by atoms with Crippen molar-refractivity contribution in [3.05, 3.63) is 24.0 Å². The number of hydrogen-bond acceptors (Lipinski definition) is 4. The quantitative estimate of drug-likeness (QED) is 0.816. The maximum absolute atomic E-state index is 12.9. The van der Waals surface area contributed by atoms with Crippen LogP contribution in [0.15, 0.2) is 18.2 Å². The van der Waals surface area contributed by atoms with Gasteiger partial charge in [0, 0.05) is 12.1 Å². The molecule has 1 aliphatic heterocycles. The number of benzene rings is 1. The summed E-state index contributed by atoms with van der Waals surface area (Å²) in [6.45, 7) is 0. The number of carbonyl (C=O) groups excluding carboxylic acids is 1. The summed E-state index contributed by atoms with van der Waals surface area (Å²) in [6.07, 6.45) is 0.665. The number of carbonyl (C=O) groups is 1. The van der Waals surface area contributed by atoms with Crippen LogP contribution in [0.2, 0.25) is 0 Å². The molecule has 19 heavy (non-hydrogen) atoms. The molecule has 1 aromatic rings. The second kappa shape index (κ2) is 5.16. The lowest BCUT2D eigenvalue weighted by molar-refractivity contribution is -0.116. The van der Waals surface area contributed by atoms with Crippen LogP contribution in [-0.4, -0.2) is 25.8 Å². The van der Waals surface area contributed by atoms with Gasteiger partial charge in [0.05, 0.1) is 17.2 Å².